The van der Waals surface area contributed by atoms with Crippen LogP contribution < -0.4 is 5.32 Å². The predicted molar refractivity (Wildman–Crippen MR) is 80.5 cm³/mol. The molecule has 2 rings (SSSR count). The van der Waals surface area contributed by atoms with E-state index in [-0.39, 0.29) is 12.5 Å². The smallest absolute Gasteiger partial charge is 0.341 e. The second kappa shape index (κ2) is 6.71. The van der Waals surface area contributed by atoms with E-state index in [9.17, 15) is 9.59 Å². The molecule has 1 aromatic rings. The Balaban J connectivity index is 2.50. The topological polar surface area (TPSA) is 88.0 Å². The first kappa shape index (κ1) is 15.5. The third-order valence-electron chi connectivity index (χ3n) is 3.28. The Labute approximate surface area is 126 Å². The summed E-state index contributed by atoms with van der Waals surface area (Å²) in [7, 11) is 0. The number of rotatable bonds is 4. The number of carbonyl (C=O) groups excluding carboxylic acids is 2. The number of fused-ring (bicyclic) bond motifs is 1. The third kappa shape index (κ3) is 3.07. The van der Waals surface area contributed by atoms with E-state index in [1.807, 2.05) is 0 Å². The highest BCUT2D eigenvalue weighted by Crippen LogP contribution is 2.38. The number of oxime groups is 1. The molecule has 1 amide bonds. The summed E-state index contributed by atoms with van der Waals surface area (Å²) in [6.45, 7) is 3.75. The molecule has 1 heterocycles. The van der Waals surface area contributed by atoms with Crippen molar-refractivity contribution in [2.24, 2.45) is 5.16 Å². The average Bonchev–Trinajstić information content (AvgIpc) is 2.84. The molecular weight excluding hydrogens is 292 g/mol. The molecule has 21 heavy (non-hydrogen) atoms. The van der Waals surface area contributed by atoms with Crippen LogP contribution in [0.1, 0.15) is 53.9 Å². The van der Waals surface area contributed by atoms with Crippen molar-refractivity contribution in [2.45, 2.75) is 39.5 Å². The highest BCUT2D eigenvalue weighted by Gasteiger charge is 2.30. The molecule has 0 unspecified atom stereocenters. The van der Waals surface area contributed by atoms with Gasteiger partial charge in [-0.2, -0.15) is 0 Å². The first-order valence-corrected chi connectivity index (χ1v) is 7.77. The van der Waals surface area contributed by atoms with Gasteiger partial charge in [0.05, 0.1) is 22.8 Å². The molecule has 0 fully saturated rings. The molecular formula is C14H18N2O4S. The summed E-state index contributed by atoms with van der Waals surface area (Å²) in [4.78, 5) is 24.6. The largest absolute Gasteiger partial charge is 0.462 e. The van der Waals surface area contributed by atoms with Crippen LogP contribution >= 0.6 is 11.3 Å². The average molecular weight is 310 g/mol. The van der Waals surface area contributed by atoms with Crippen molar-refractivity contribution >= 4 is 33.9 Å². The number of anilines is 1. The lowest BCUT2D eigenvalue weighted by molar-refractivity contribution is -0.115. The Kier molecular flexibility index (Phi) is 4.95. The fourth-order valence-corrected chi connectivity index (χ4v) is 3.57. The second-order valence-corrected chi connectivity index (χ2v) is 5.66. The first-order valence-electron chi connectivity index (χ1n) is 6.96. The number of nitrogens with one attached hydrogen (secondary N) is 1. The molecule has 0 radical (unpaired) electrons. The van der Waals surface area contributed by atoms with Crippen molar-refractivity contribution < 1.29 is 19.5 Å². The van der Waals surface area contributed by atoms with Crippen molar-refractivity contribution in [1.82, 2.24) is 0 Å². The van der Waals surface area contributed by atoms with E-state index >= 15 is 0 Å². The van der Waals surface area contributed by atoms with Crippen LogP contribution in [0.4, 0.5) is 5.00 Å². The Bertz CT molecular complexity index is 592. The summed E-state index contributed by atoms with van der Waals surface area (Å²) in [6, 6.07) is 0. The number of thiophene rings is 1. The molecule has 2 N–H and O–H groups in total. The van der Waals surface area contributed by atoms with E-state index in [4.69, 9.17) is 9.94 Å². The van der Waals surface area contributed by atoms with E-state index in [2.05, 4.69) is 10.5 Å². The molecule has 0 saturated carbocycles. The minimum atomic E-state index is -0.444. The minimum Gasteiger partial charge on any atom is -0.462 e. The SMILES string of the molecule is CCOC(=O)c1c(NC(=O)CC)sc2c1CCC/C2=N\O. The number of carbonyl (C=O) groups is 2. The zero-order valence-electron chi connectivity index (χ0n) is 12.1. The van der Waals surface area contributed by atoms with E-state index in [1.165, 1.54) is 11.3 Å². The van der Waals surface area contributed by atoms with Crippen molar-refractivity contribution in [1.29, 1.82) is 0 Å². The van der Waals surface area contributed by atoms with Gasteiger partial charge in [0.25, 0.3) is 0 Å². The first-order chi connectivity index (χ1) is 10.1. The van der Waals surface area contributed by atoms with Crippen LogP contribution in [-0.2, 0) is 16.0 Å². The maximum atomic E-state index is 12.2. The molecule has 0 aliphatic heterocycles. The van der Waals surface area contributed by atoms with Gasteiger partial charge < -0.3 is 15.3 Å². The molecule has 0 atom stereocenters. The third-order valence-corrected chi connectivity index (χ3v) is 4.48. The molecule has 1 aromatic heterocycles. The quantitative estimate of drug-likeness (QED) is 0.508. The molecule has 0 bridgehead atoms. The van der Waals surface area contributed by atoms with Gasteiger partial charge in [0, 0.05) is 6.42 Å². The summed E-state index contributed by atoms with van der Waals surface area (Å²) in [5.41, 5.74) is 1.77. The van der Waals surface area contributed by atoms with Gasteiger partial charge >= 0.3 is 5.97 Å². The van der Waals surface area contributed by atoms with Crippen LogP contribution in [0.25, 0.3) is 0 Å². The maximum absolute atomic E-state index is 12.2. The molecule has 0 spiro atoms. The number of ether oxygens (including phenoxy) is 1. The van der Waals surface area contributed by atoms with Crippen molar-refractivity contribution in [3.63, 3.8) is 0 Å². The van der Waals surface area contributed by atoms with Crippen LogP contribution in [0.15, 0.2) is 5.16 Å². The number of hydrogen-bond acceptors (Lipinski definition) is 6. The molecule has 7 heteroatoms. The van der Waals surface area contributed by atoms with E-state index < -0.39 is 5.97 Å². The summed E-state index contributed by atoms with van der Waals surface area (Å²) in [6.07, 6.45) is 2.50. The Hall–Kier alpha value is -1.89. The lowest BCUT2D eigenvalue weighted by atomic mass is 9.94. The van der Waals surface area contributed by atoms with Crippen LogP contribution in [0.5, 0.6) is 0 Å². The van der Waals surface area contributed by atoms with Crippen molar-refractivity contribution in [3.8, 4) is 0 Å². The van der Waals surface area contributed by atoms with Gasteiger partial charge in [0.1, 0.15) is 5.00 Å². The summed E-state index contributed by atoms with van der Waals surface area (Å²) in [5, 5.41) is 15.6. The van der Waals surface area contributed by atoms with Gasteiger partial charge in [0.15, 0.2) is 0 Å². The van der Waals surface area contributed by atoms with Gasteiger partial charge in [-0.25, -0.2) is 4.79 Å². The van der Waals surface area contributed by atoms with Gasteiger partial charge in [-0.15, -0.1) is 11.3 Å². The number of hydrogen-bond donors (Lipinski definition) is 2. The minimum absolute atomic E-state index is 0.165. The highest BCUT2D eigenvalue weighted by atomic mass is 32.1. The number of esters is 1. The molecule has 1 aliphatic carbocycles. The van der Waals surface area contributed by atoms with Gasteiger partial charge in [-0.05, 0) is 31.7 Å². The Morgan fingerprint density at radius 3 is 2.76 bits per heavy atom. The normalized spacial score (nSPS) is 15.6. The van der Waals surface area contributed by atoms with E-state index in [0.717, 1.165) is 16.9 Å². The Morgan fingerprint density at radius 1 is 1.38 bits per heavy atom. The highest BCUT2D eigenvalue weighted by molar-refractivity contribution is 7.19. The second-order valence-electron chi connectivity index (χ2n) is 4.64. The van der Waals surface area contributed by atoms with Gasteiger partial charge in [-0.1, -0.05) is 12.1 Å². The van der Waals surface area contributed by atoms with E-state index in [0.29, 0.717) is 35.5 Å². The van der Waals surface area contributed by atoms with Gasteiger partial charge in [-0.3, -0.25) is 4.79 Å². The summed E-state index contributed by atoms with van der Waals surface area (Å²) in [5.74, 6) is -0.609. The fourth-order valence-electron chi connectivity index (χ4n) is 2.30. The fraction of sp³-hybridized carbons (Fsp3) is 0.500. The van der Waals surface area contributed by atoms with Crippen LogP contribution in [0, 0.1) is 0 Å². The van der Waals surface area contributed by atoms with Crippen LogP contribution in [0.3, 0.4) is 0 Å². The van der Waals surface area contributed by atoms with E-state index in [1.54, 1.807) is 13.8 Å². The van der Waals surface area contributed by atoms with Crippen molar-refractivity contribution in [2.75, 3.05) is 11.9 Å². The number of nitrogens with zero attached hydrogens (tertiary/aromatic N) is 1. The monoisotopic (exact) mass is 310 g/mol. The lowest BCUT2D eigenvalue weighted by Crippen LogP contribution is -2.16. The summed E-state index contributed by atoms with van der Waals surface area (Å²) >= 11 is 1.27. The standard InChI is InChI=1S/C14H18N2O4S/c1-3-10(17)15-13-11(14(18)20-4-2)8-6-5-7-9(16-19)12(8)21-13/h19H,3-7H2,1-2H3,(H,15,17)/b16-9+. The molecule has 1 aliphatic rings. The van der Waals surface area contributed by atoms with Crippen LogP contribution in [-0.4, -0.2) is 29.4 Å². The lowest BCUT2D eigenvalue weighted by Gasteiger charge is -2.13. The van der Waals surface area contributed by atoms with Crippen molar-refractivity contribution in [3.05, 3.63) is 16.0 Å². The van der Waals surface area contributed by atoms with Crippen LogP contribution in [0.2, 0.25) is 0 Å². The maximum Gasteiger partial charge on any atom is 0.341 e. The number of amides is 1. The molecule has 114 valence electrons. The van der Waals surface area contributed by atoms with Gasteiger partial charge in [0.2, 0.25) is 5.91 Å². The zero-order chi connectivity index (χ0) is 15.4. The zero-order valence-corrected chi connectivity index (χ0v) is 12.9. The Morgan fingerprint density at radius 2 is 2.14 bits per heavy atom. The molecule has 6 nitrogen and oxygen atoms in total. The molecule has 0 aromatic carbocycles. The summed E-state index contributed by atoms with van der Waals surface area (Å²) < 4.78 is 5.09. The molecule has 0 saturated heterocycles. The predicted octanol–water partition coefficient (Wildman–Crippen LogP) is 2.79.